The fraction of sp³-hybridized carbons (Fsp3) is 0.154. The van der Waals surface area contributed by atoms with Gasteiger partial charge in [0.1, 0.15) is 5.52 Å². The fourth-order valence-electron chi connectivity index (χ4n) is 1.84. The van der Waals surface area contributed by atoms with E-state index in [2.05, 4.69) is 4.98 Å². The largest absolute Gasteiger partial charge is 0.441 e. The molecule has 98 valence electrons. The number of hydrogen-bond acceptors (Lipinski definition) is 3. The topological polar surface area (TPSA) is 26.0 Å². The lowest BCUT2D eigenvalue weighted by atomic mass is 10.2. The lowest BCUT2D eigenvalue weighted by Crippen LogP contribution is -1.95. The van der Waals surface area contributed by atoms with Gasteiger partial charge in [0.25, 0.3) is 0 Å². The molecular weight excluding hydrogens is 325 g/mol. The Labute approximate surface area is 128 Å². The minimum absolute atomic E-state index is 0.302. The van der Waals surface area contributed by atoms with Crippen LogP contribution >= 0.6 is 46.1 Å². The molecule has 0 saturated heterocycles. The maximum Gasteiger partial charge on any atom is 0.197 e. The second-order valence-corrected chi connectivity index (χ2v) is 6.84. The fourth-order valence-corrected chi connectivity index (χ4v) is 3.84. The van der Waals surface area contributed by atoms with Crippen molar-refractivity contribution in [3.05, 3.63) is 50.5 Å². The van der Waals surface area contributed by atoms with Gasteiger partial charge in [-0.15, -0.1) is 22.9 Å². The van der Waals surface area contributed by atoms with Gasteiger partial charge >= 0.3 is 0 Å². The molecular formula is C13H8Cl3NOS. The lowest BCUT2D eigenvalue weighted by Gasteiger charge is -2.04. The second kappa shape index (κ2) is 5.33. The Kier molecular flexibility index (Phi) is 3.72. The van der Waals surface area contributed by atoms with Crippen LogP contribution in [0.1, 0.15) is 16.8 Å². The van der Waals surface area contributed by atoms with Crippen molar-refractivity contribution in [3.63, 3.8) is 0 Å². The van der Waals surface area contributed by atoms with E-state index in [1.54, 1.807) is 6.07 Å². The first-order valence-electron chi connectivity index (χ1n) is 5.57. The Hall–Kier alpha value is -0.740. The predicted octanol–water partition coefficient (Wildman–Crippen LogP) is 5.72. The van der Waals surface area contributed by atoms with Crippen molar-refractivity contribution in [1.82, 2.24) is 4.98 Å². The average molecular weight is 333 g/mol. The normalized spacial score (nSPS) is 13.0. The molecule has 2 heterocycles. The van der Waals surface area contributed by atoms with Crippen molar-refractivity contribution in [2.45, 2.75) is 11.8 Å². The number of thiophene rings is 1. The van der Waals surface area contributed by atoms with E-state index in [0.717, 1.165) is 16.7 Å². The summed E-state index contributed by atoms with van der Waals surface area (Å²) in [6.45, 7) is 0. The van der Waals surface area contributed by atoms with Gasteiger partial charge in [-0.05, 0) is 18.2 Å². The molecule has 0 bridgehead atoms. The Morgan fingerprint density at radius 2 is 2.05 bits per heavy atom. The minimum Gasteiger partial charge on any atom is -0.441 e. The van der Waals surface area contributed by atoms with Crippen LogP contribution in [0.15, 0.2) is 34.7 Å². The standard InChI is InChI=1S/C13H8Cl3NOS/c14-8(7-5-11(15)19-13(7)16)6-12-17-9-3-1-2-4-10(9)18-12/h1-5,8H,6H2. The van der Waals surface area contributed by atoms with E-state index in [-0.39, 0.29) is 5.38 Å². The molecule has 2 nitrogen and oxygen atoms in total. The van der Waals surface area contributed by atoms with Crippen LogP contribution in [-0.2, 0) is 6.42 Å². The molecule has 0 aliphatic rings. The molecule has 0 amide bonds. The first kappa shape index (κ1) is 13.3. The van der Waals surface area contributed by atoms with E-state index >= 15 is 0 Å². The van der Waals surface area contributed by atoms with Crippen LogP contribution in [0.5, 0.6) is 0 Å². The van der Waals surface area contributed by atoms with Gasteiger partial charge in [-0.3, -0.25) is 0 Å². The van der Waals surface area contributed by atoms with Gasteiger partial charge < -0.3 is 4.42 Å². The molecule has 3 aromatic rings. The zero-order valence-corrected chi connectivity index (χ0v) is 12.7. The Morgan fingerprint density at radius 1 is 1.26 bits per heavy atom. The molecule has 0 aliphatic carbocycles. The summed E-state index contributed by atoms with van der Waals surface area (Å²) in [5, 5.41) is -0.302. The van der Waals surface area contributed by atoms with Crippen LogP contribution in [0.4, 0.5) is 0 Å². The van der Waals surface area contributed by atoms with Crippen LogP contribution in [0.25, 0.3) is 11.1 Å². The second-order valence-electron chi connectivity index (χ2n) is 4.03. The summed E-state index contributed by atoms with van der Waals surface area (Å²) < 4.78 is 6.88. The maximum absolute atomic E-state index is 6.35. The van der Waals surface area contributed by atoms with Crippen LogP contribution in [0.3, 0.4) is 0 Å². The van der Waals surface area contributed by atoms with Gasteiger partial charge in [0, 0.05) is 12.0 Å². The summed E-state index contributed by atoms with van der Waals surface area (Å²) in [6, 6.07) is 9.39. The number of fused-ring (bicyclic) bond motifs is 1. The highest BCUT2D eigenvalue weighted by molar-refractivity contribution is 7.20. The summed E-state index contributed by atoms with van der Waals surface area (Å²) in [7, 11) is 0. The smallest absolute Gasteiger partial charge is 0.197 e. The van der Waals surface area contributed by atoms with Gasteiger partial charge in [0.2, 0.25) is 0 Å². The molecule has 0 spiro atoms. The molecule has 1 atom stereocenters. The van der Waals surface area contributed by atoms with Gasteiger partial charge in [0.05, 0.1) is 14.0 Å². The van der Waals surface area contributed by atoms with E-state index < -0.39 is 0 Å². The maximum atomic E-state index is 6.35. The number of para-hydroxylation sites is 2. The van der Waals surface area contributed by atoms with Crippen molar-refractivity contribution < 1.29 is 4.42 Å². The molecule has 0 saturated carbocycles. The molecule has 1 aromatic carbocycles. The zero-order valence-electron chi connectivity index (χ0n) is 9.57. The molecule has 6 heteroatoms. The number of benzene rings is 1. The quantitative estimate of drug-likeness (QED) is 0.573. The van der Waals surface area contributed by atoms with Crippen molar-refractivity contribution in [1.29, 1.82) is 0 Å². The van der Waals surface area contributed by atoms with Crippen molar-refractivity contribution in [3.8, 4) is 0 Å². The summed E-state index contributed by atoms with van der Waals surface area (Å²) in [6.07, 6.45) is 0.475. The number of aromatic nitrogens is 1. The van der Waals surface area contributed by atoms with E-state index in [9.17, 15) is 0 Å². The number of halogens is 3. The highest BCUT2D eigenvalue weighted by Gasteiger charge is 2.18. The SMILES string of the molecule is Clc1cc(C(Cl)Cc2nc3ccccc3o2)c(Cl)s1. The van der Waals surface area contributed by atoms with E-state index in [1.165, 1.54) is 11.3 Å². The van der Waals surface area contributed by atoms with E-state index in [4.69, 9.17) is 39.2 Å². The molecule has 0 fully saturated rings. The van der Waals surface area contributed by atoms with Crippen molar-refractivity contribution in [2.24, 2.45) is 0 Å². The Balaban J connectivity index is 1.86. The van der Waals surface area contributed by atoms with Crippen LogP contribution in [-0.4, -0.2) is 4.98 Å². The molecule has 3 rings (SSSR count). The van der Waals surface area contributed by atoms with Crippen LogP contribution < -0.4 is 0 Å². The number of rotatable bonds is 3. The number of nitrogens with zero attached hydrogens (tertiary/aromatic N) is 1. The van der Waals surface area contributed by atoms with Crippen LogP contribution in [0, 0.1) is 0 Å². The third-order valence-electron chi connectivity index (χ3n) is 2.71. The molecule has 1 unspecified atom stereocenters. The molecule has 0 radical (unpaired) electrons. The third kappa shape index (κ3) is 2.75. The summed E-state index contributed by atoms with van der Waals surface area (Å²) >= 11 is 19.7. The van der Waals surface area contributed by atoms with Gasteiger partial charge in [-0.25, -0.2) is 4.98 Å². The first-order chi connectivity index (χ1) is 9.13. The van der Waals surface area contributed by atoms with Crippen molar-refractivity contribution >= 4 is 57.2 Å². The van der Waals surface area contributed by atoms with Gasteiger partial charge in [-0.2, -0.15) is 0 Å². The van der Waals surface area contributed by atoms with Gasteiger partial charge in [0.15, 0.2) is 11.5 Å². The minimum atomic E-state index is -0.302. The highest BCUT2D eigenvalue weighted by Crippen LogP contribution is 2.39. The monoisotopic (exact) mass is 331 g/mol. The summed E-state index contributed by atoms with van der Waals surface area (Å²) in [4.78, 5) is 4.39. The summed E-state index contributed by atoms with van der Waals surface area (Å²) in [5.74, 6) is 0.597. The molecule has 2 aromatic heterocycles. The lowest BCUT2D eigenvalue weighted by molar-refractivity contribution is 0.525. The zero-order chi connectivity index (χ0) is 13.4. The Morgan fingerprint density at radius 3 is 2.74 bits per heavy atom. The third-order valence-corrected chi connectivity index (χ3v) is 4.62. The highest BCUT2D eigenvalue weighted by atomic mass is 35.5. The van der Waals surface area contributed by atoms with E-state index in [1.807, 2.05) is 24.3 Å². The average Bonchev–Trinajstić information content (AvgIpc) is 2.91. The predicted molar refractivity (Wildman–Crippen MR) is 80.6 cm³/mol. The van der Waals surface area contributed by atoms with E-state index in [0.29, 0.717) is 21.0 Å². The van der Waals surface area contributed by atoms with Crippen LogP contribution in [0.2, 0.25) is 8.67 Å². The summed E-state index contributed by atoms with van der Waals surface area (Å²) in [5.41, 5.74) is 2.41. The molecule has 0 aliphatic heterocycles. The number of hydrogen-bond donors (Lipinski definition) is 0. The number of oxazole rings is 1. The molecule has 19 heavy (non-hydrogen) atoms. The number of alkyl halides is 1. The first-order valence-corrected chi connectivity index (χ1v) is 7.57. The Bertz CT molecular complexity index is 689. The van der Waals surface area contributed by atoms with Gasteiger partial charge in [-0.1, -0.05) is 35.3 Å². The molecule has 0 N–H and O–H groups in total. The van der Waals surface area contributed by atoms with Crippen molar-refractivity contribution in [2.75, 3.05) is 0 Å².